The number of halogens is 1. The van der Waals surface area contributed by atoms with E-state index in [-0.39, 0.29) is 17.0 Å². The van der Waals surface area contributed by atoms with Crippen LogP contribution in [-0.4, -0.2) is 15.9 Å². The molecule has 5 nitrogen and oxygen atoms in total. The minimum atomic E-state index is -0.343. The van der Waals surface area contributed by atoms with Crippen LogP contribution in [0.2, 0.25) is 5.15 Å². The standard InChI is InChI=1S/C13H11ClN4O/c14-11-6-7-16-13(17-11)18-12(19)5-4-9-2-1-3-10(15)8-9/h1-8H,15H2,(H,16,17,18,19)/b5-4+. The number of nitrogen functional groups attached to an aromatic ring is 1. The van der Waals surface area contributed by atoms with Gasteiger partial charge in [-0.2, -0.15) is 0 Å². The van der Waals surface area contributed by atoms with Gasteiger partial charge in [0, 0.05) is 18.0 Å². The lowest BCUT2D eigenvalue weighted by molar-refractivity contribution is -0.111. The molecule has 0 aliphatic heterocycles. The molecule has 0 aliphatic rings. The van der Waals surface area contributed by atoms with Gasteiger partial charge >= 0.3 is 0 Å². The van der Waals surface area contributed by atoms with Gasteiger partial charge < -0.3 is 5.73 Å². The van der Waals surface area contributed by atoms with Crippen molar-refractivity contribution >= 4 is 35.2 Å². The number of nitrogens with two attached hydrogens (primary N) is 1. The zero-order valence-electron chi connectivity index (χ0n) is 9.88. The highest BCUT2D eigenvalue weighted by atomic mass is 35.5. The predicted octanol–water partition coefficient (Wildman–Crippen LogP) is 2.36. The van der Waals surface area contributed by atoms with Crippen LogP contribution >= 0.6 is 11.6 Å². The van der Waals surface area contributed by atoms with E-state index in [4.69, 9.17) is 17.3 Å². The van der Waals surface area contributed by atoms with E-state index in [1.807, 2.05) is 12.1 Å². The van der Waals surface area contributed by atoms with E-state index in [1.165, 1.54) is 18.3 Å². The highest BCUT2D eigenvalue weighted by Crippen LogP contribution is 2.09. The highest BCUT2D eigenvalue weighted by Gasteiger charge is 2.01. The summed E-state index contributed by atoms with van der Waals surface area (Å²) in [6, 6.07) is 8.72. The molecule has 0 saturated heterocycles. The van der Waals surface area contributed by atoms with Crippen molar-refractivity contribution in [3.8, 4) is 0 Å². The molecule has 0 aliphatic carbocycles. The summed E-state index contributed by atoms with van der Waals surface area (Å²) in [4.78, 5) is 19.3. The second-order valence-corrected chi connectivity index (χ2v) is 4.08. The largest absolute Gasteiger partial charge is 0.399 e. The van der Waals surface area contributed by atoms with Gasteiger partial charge in [-0.3, -0.25) is 10.1 Å². The average Bonchev–Trinajstić information content (AvgIpc) is 2.36. The number of benzene rings is 1. The van der Waals surface area contributed by atoms with Gasteiger partial charge in [-0.1, -0.05) is 23.7 Å². The molecule has 1 heterocycles. The summed E-state index contributed by atoms with van der Waals surface area (Å²) in [7, 11) is 0. The first-order valence-corrected chi connectivity index (χ1v) is 5.84. The van der Waals surface area contributed by atoms with Crippen molar-refractivity contribution in [3.63, 3.8) is 0 Å². The Labute approximate surface area is 115 Å². The Morgan fingerprint density at radius 3 is 2.95 bits per heavy atom. The normalized spacial score (nSPS) is 10.6. The molecule has 3 N–H and O–H groups in total. The third-order valence-corrected chi connectivity index (χ3v) is 2.40. The van der Waals surface area contributed by atoms with Gasteiger partial charge in [-0.05, 0) is 29.8 Å². The van der Waals surface area contributed by atoms with Crippen LogP contribution in [0.4, 0.5) is 11.6 Å². The molecule has 1 aromatic heterocycles. The number of amides is 1. The molecule has 6 heteroatoms. The molecule has 19 heavy (non-hydrogen) atoms. The van der Waals surface area contributed by atoms with Gasteiger partial charge in [0.1, 0.15) is 5.15 Å². The van der Waals surface area contributed by atoms with Crippen LogP contribution in [0.15, 0.2) is 42.6 Å². The number of anilines is 2. The molecular weight excluding hydrogens is 264 g/mol. The lowest BCUT2D eigenvalue weighted by Crippen LogP contribution is -2.10. The first kappa shape index (κ1) is 13.0. The third kappa shape index (κ3) is 4.08. The molecule has 0 saturated carbocycles. The maximum atomic E-state index is 11.6. The Morgan fingerprint density at radius 2 is 2.21 bits per heavy atom. The van der Waals surface area contributed by atoms with Crippen molar-refractivity contribution in [2.75, 3.05) is 11.1 Å². The fourth-order valence-corrected chi connectivity index (χ4v) is 1.52. The number of carbonyl (C=O) groups is 1. The number of nitrogens with zero attached hydrogens (tertiary/aromatic N) is 2. The summed E-state index contributed by atoms with van der Waals surface area (Å²) in [5.41, 5.74) is 7.11. The van der Waals surface area contributed by atoms with Gasteiger partial charge in [0.2, 0.25) is 5.95 Å². The van der Waals surface area contributed by atoms with Crippen molar-refractivity contribution in [2.24, 2.45) is 0 Å². The zero-order valence-corrected chi connectivity index (χ0v) is 10.6. The SMILES string of the molecule is Nc1cccc(/C=C/C(=O)Nc2nccc(Cl)n2)c1. The Balaban J connectivity index is 2.01. The number of rotatable bonds is 3. The Kier molecular flexibility index (Phi) is 4.10. The summed E-state index contributed by atoms with van der Waals surface area (Å²) in [6.07, 6.45) is 4.49. The van der Waals surface area contributed by atoms with E-state index in [0.29, 0.717) is 5.69 Å². The number of hydrogen-bond donors (Lipinski definition) is 2. The number of carbonyl (C=O) groups excluding carboxylic acids is 1. The third-order valence-electron chi connectivity index (χ3n) is 2.19. The fraction of sp³-hybridized carbons (Fsp3) is 0. The quantitative estimate of drug-likeness (QED) is 0.511. The molecular formula is C13H11ClN4O. The fourth-order valence-electron chi connectivity index (χ4n) is 1.38. The predicted molar refractivity (Wildman–Crippen MR) is 75.6 cm³/mol. The summed E-state index contributed by atoms with van der Waals surface area (Å²) >= 11 is 5.68. The molecule has 96 valence electrons. The van der Waals surface area contributed by atoms with Crippen molar-refractivity contribution < 1.29 is 4.79 Å². The first-order valence-electron chi connectivity index (χ1n) is 5.46. The second kappa shape index (κ2) is 5.97. The molecule has 2 rings (SSSR count). The maximum Gasteiger partial charge on any atom is 0.250 e. The van der Waals surface area contributed by atoms with Gasteiger partial charge in [0.15, 0.2) is 0 Å². The topological polar surface area (TPSA) is 80.9 Å². The van der Waals surface area contributed by atoms with Crippen LogP contribution < -0.4 is 11.1 Å². The van der Waals surface area contributed by atoms with Crippen LogP contribution in [0.25, 0.3) is 6.08 Å². The molecule has 1 amide bonds. The number of nitrogens with one attached hydrogen (secondary N) is 1. The van der Waals surface area contributed by atoms with Crippen molar-refractivity contribution in [1.82, 2.24) is 9.97 Å². The zero-order chi connectivity index (χ0) is 13.7. The van der Waals surface area contributed by atoms with Crippen LogP contribution in [0.1, 0.15) is 5.56 Å². The van der Waals surface area contributed by atoms with Crippen molar-refractivity contribution in [1.29, 1.82) is 0 Å². The molecule has 0 fully saturated rings. The molecule has 1 aromatic carbocycles. The van der Waals surface area contributed by atoms with Crippen LogP contribution in [0.3, 0.4) is 0 Å². The van der Waals surface area contributed by atoms with E-state index in [1.54, 1.807) is 18.2 Å². The number of aromatic nitrogens is 2. The minimum absolute atomic E-state index is 0.162. The van der Waals surface area contributed by atoms with E-state index in [9.17, 15) is 4.79 Å². The van der Waals surface area contributed by atoms with Gasteiger partial charge in [-0.15, -0.1) is 0 Å². The van der Waals surface area contributed by atoms with Gasteiger partial charge in [-0.25, -0.2) is 9.97 Å². The van der Waals surface area contributed by atoms with Crippen molar-refractivity contribution in [3.05, 3.63) is 53.3 Å². The molecule has 0 radical (unpaired) electrons. The lowest BCUT2D eigenvalue weighted by atomic mass is 10.2. The van der Waals surface area contributed by atoms with Crippen LogP contribution in [0, 0.1) is 0 Å². The Morgan fingerprint density at radius 1 is 1.37 bits per heavy atom. The van der Waals surface area contributed by atoms with E-state index < -0.39 is 0 Å². The van der Waals surface area contributed by atoms with Gasteiger partial charge in [0.05, 0.1) is 0 Å². The summed E-state index contributed by atoms with van der Waals surface area (Å²) in [5, 5.41) is 2.77. The first-order chi connectivity index (χ1) is 9.13. The average molecular weight is 275 g/mol. The van der Waals surface area contributed by atoms with Crippen LogP contribution in [0.5, 0.6) is 0 Å². The summed E-state index contributed by atoms with van der Waals surface area (Å²) in [6.45, 7) is 0. The summed E-state index contributed by atoms with van der Waals surface area (Å²) in [5.74, 6) is -0.181. The monoisotopic (exact) mass is 274 g/mol. The summed E-state index contributed by atoms with van der Waals surface area (Å²) < 4.78 is 0. The van der Waals surface area contributed by atoms with Gasteiger partial charge in [0.25, 0.3) is 5.91 Å². The maximum absolute atomic E-state index is 11.6. The number of hydrogen-bond acceptors (Lipinski definition) is 4. The molecule has 0 spiro atoms. The molecule has 0 bridgehead atoms. The molecule has 2 aromatic rings. The molecule has 0 atom stereocenters. The van der Waals surface area contributed by atoms with E-state index >= 15 is 0 Å². The Bertz CT molecular complexity index is 628. The van der Waals surface area contributed by atoms with Crippen molar-refractivity contribution in [2.45, 2.75) is 0 Å². The molecule has 0 unspecified atom stereocenters. The van der Waals surface area contributed by atoms with E-state index in [0.717, 1.165) is 5.56 Å². The Hall–Kier alpha value is -2.40. The lowest BCUT2D eigenvalue weighted by Gasteiger charge is -2.00. The van der Waals surface area contributed by atoms with Crippen LogP contribution in [-0.2, 0) is 4.79 Å². The second-order valence-electron chi connectivity index (χ2n) is 3.70. The highest BCUT2D eigenvalue weighted by molar-refractivity contribution is 6.29. The smallest absolute Gasteiger partial charge is 0.250 e. The minimum Gasteiger partial charge on any atom is -0.399 e. The van der Waals surface area contributed by atoms with E-state index in [2.05, 4.69) is 15.3 Å².